The van der Waals surface area contributed by atoms with Crippen molar-refractivity contribution < 1.29 is 22.8 Å². The van der Waals surface area contributed by atoms with Crippen LogP contribution in [0.3, 0.4) is 0 Å². The van der Waals surface area contributed by atoms with E-state index in [4.69, 9.17) is 0 Å². The quantitative estimate of drug-likeness (QED) is 0.412. The average Bonchev–Trinajstić information content (AvgIpc) is 2.93. The van der Waals surface area contributed by atoms with E-state index in [-0.39, 0.29) is 29.8 Å². The van der Waals surface area contributed by atoms with Crippen molar-refractivity contribution in [3.8, 4) is 0 Å². The lowest BCUT2D eigenvalue weighted by molar-refractivity contribution is -0.156. The van der Waals surface area contributed by atoms with Crippen LogP contribution >= 0.6 is 0 Å². The van der Waals surface area contributed by atoms with Crippen LogP contribution in [0.15, 0.2) is 48.5 Å². The van der Waals surface area contributed by atoms with E-state index in [1.54, 1.807) is 4.90 Å². The molecule has 3 atom stereocenters. The summed E-state index contributed by atoms with van der Waals surface area (Å²) in [4.78, 5) is 30.0. The number of benzene rings is 2. The van der Waals surface area contributed by atoms with Gasteiger partial charge in [-0.15, -0.1) is 0 Å². The Morgan fingerprint density at radius 2 is 1.43 bits per heavy atom. The maximum absolute atomic E-state index is 14.8. The number of hydrogen-bond acceptors (Lipinski definition) is 2. The Balaban J connectivity index is 1.22. The fourth-order valence-electron chi connectivity index (χ4n) is 10.1. The van der Waals surface area contributed by atoms with Crippen LogP contribution in [0.2, 0.25) is 0 Å². The molecule has 7 heteroatoms. The molecule has 224 valence electrons. The first-order chi connectivity index (χ1) is 20.0. The van der Waals surface area contributed by atoms with Gasteiger partial charge in [-0.25, -0.2) is 0 Å². The molecular formula is C35H41F3N2O2. The maximum atomic E-state index is 14.8. The van der Waals surface area contributed by atoms with Crippen LogP contribution in [0, 0.1) is 29.6 Å². The largest absolute Gasteiger partial charge is 0.416 e. The van der Waals surface area contributed by atoms with Gasteiger partial charge in [0.25, 0.3) is 0 Å². The molecule has 0 spiro atoms. The van der Waals surface area contributed by atoms with Crippen molar-refractivity contribution >= 4 is 11.8 Å². The van der Waals surface area contributed by atoms with E-state index in [1.807, 2.05) is 0 Å². The topological polar surface area (TPSA) is 49.4 Å². The zero-order valence-electron chi connectivity index (χ0n) is 24.4. The standard InChI is InChI=1S/C35H41F3N2O2/c1-22(41)40(21-23-6-8-31(9-7-23)35(36,37)38)34(11-10-29-15-27-4-2-3-5-28(27)16-30(29)20-34)32(42)39-33-17-24-12-25(18-33)14-26(13-24)19-33/h2-9,24-26,29-30H,10-21H2,1H3,(H,39,42). The first-order valence-corrected chi connectivity index (χ1v) is 15.9. The molecule has 4 bridgehead atoms. The number of nitrogens with zero attached hydrogens (tertiary/aromatic N) is 1. The van der Waals surface area contributed by atoms with Gasteiger partial charge in [0.1, 0.15) is 5.54 Å². The first kappa shape index (κ1) is 28.0. The van der Waals surface area contributed by atoms with Crippen LogP contribution in [-0.4, -0.2) is 27.8 Å². The molecule has 0 aromatic heterocycles. The van der Waals surface area contributed by atoms with Gasteiger partial charge in [-0.05, 0) is 129 Å². The summed E-state index contributed by atoms with van der Waals surface area (Å²) in [5.41, 5.74) is 1.40. The van der Waals surface area contributed by atoms with E-state index in [0.29, 0.717) is 42.1 Å². The van der Waals surface area contributed by atoms with Crippen LogP contribution in [-0.2, 0) is 35.2 Å². The van der Waals surface area contributed by atoms with E-state index in [2.05, 4.69) is 29.6 Å². The zero-order chi connectivity index (χ0) is 29.3. The smallest absolute Gasteiger partial charge is 0.349 e. The second-order valence-electron chi connectivity index (χ2n) is 14.4. The average molecular weight is 579 g/mol. The molecule has 0 radical (unpaired) electrons. The number of alkyl halides is 3. The minimum Gasteiger partial charge on any atom is -0.349 e. The van der Waals surface area contributed by atoms with Crippen molar-refractivity contribution in [1.82, 2.24) is 10.2 Å². The number of rotatable bonds is 5. The van der Waals surface area contributed by atoms with Gasteiger partial charge < -0.3 is 10.2 Å². The molecule has 1 N–H and O–H groups in total. The molecule has 0 saturated heterocycles. The monoisotopic (exact) mass is 578 g/mol. The maximum Gasteiger partial charge on any atom is 0.416 e. The summed E-state index contributed by atoms with van der Waals surface area (Å²) in [6.45, 7) is 1.63. The molecule has 2 aromatic rings. The summed E-state index contributed by atoms with van der Waals surface area (Å²) in [6.07, 6.45) is 6.38. The van der Waals surface area contributed by atoms with Gasteiger partial charge in [-0.3, -0.25) is 9.59 Å². The molecule has 4 nitrogen and oxygen atoms in total. The molecule has 6 aliphatic carbocycles. The van der Waals surface area contributed by atoms with E-state index < -0.39 is 17.3 Å². The molecule has 2 aromatic carbocycles. The van der Waals surface area contributed by atoms with Gasteiger partial charge >= 0.3 is 6.18 Å². The number of hydrogen-bond donors (Lipinski definition) is 1. The lowest BCUT2D eigenvalue weighted by atomic mass is 9.52. The Bertz CT molecular complexity index is 1330. The third-order valence-electron chi connectivity index (χ3n) is 11.6. The highest BCUT2D eigenvalue weighted by atomic mass is 19.4. The van der Waals surface area contributed by atoms with Gasteiger partial charge in [0.2, 0.25) is 11.8 Å². The summed E-state index contributed by atoms with van der Waals surface area (Å²) >= 11 is 0. The Hall–Kier alpha value is -2.83. The minimum absolute atomic E-state index is 0.0381. The zero-order valence-corrected chi connectivity index (χ0v) is 24.4. The van der Waals surface area contributed by atoms with E-state index >= 15 is 0 Å². The second-order valence-corrected chi connectivity index (χ2v) is 14.4. The van der Waals surface area contributed by atoms with E-state index in [0.717, 1.165) is 50.7 Å². The highest BCUT2D eigenvalue weighted by Gasteiger charge is 2.56. The summed E-state index contributed by atoms with van der Waals surface area (Å²) in [5, 5.41) is 3.62. The molecule has 5 saturated carbocycles. The molecule has 2 amide bonds. The van der Waals surface area contributed by atoms with Crippen LogP contribution < -0.4 is 5.32 Å². The van der Waals surface area contributed by atoms with Gasteiger partial charge in [-0.2, -0.15) is 13.2 Å². The Kier molecular flexibility index (Phi) is 6.74. The summed E-state index contributed by atoms with van der Waals surface area (Å²) < 4.78 is 39.8. The summed E-state index contributed by atoms with van der Waals surface area (Å²) in [5.74, 6) is 2.51. The molecule has 8 rings (SSSR count). The third kappa shape index (κ3) is 4.94. The van der Waals surface area contributed by atoms with Crippen molar-refractivity contribution in [2.45, 2.75) is 101 Å². The van der Waals surface area contributed by atoms with Crippen LogP contribution in [0.5, 0.6) is 0 Å². The normalized spacial score (nSPS) is 34.8. The van der Waals surface area contributed by atoms with Crippen molar-refractivity contribution in [1.29, 1.82) is 0 Å². The predicted molar refractivity (Wildman–Crippen MR) is 154 cm³/mol. The fraction of sp³-hybridized carbons (Fsp3) is 0.600. The molecule has 5 fully saturated rings. The first-order valence-electron chi connectivity index (χ1n) is 15.9. The van der Waals surface area contributed by atoms with Gasteiger partial charge in [0.15, 0.2) is 0 Å². The number of fused-ring (bicyclic) bond motifs is 2. The Labute approximate surface area is 246 Å². The Morgan fingerprint density at radius 1 is 0.857 bits per heavy atom. The van der Waals surface area contributed by atoms with Gasteiger partial charge in [0, 0.05) is 19.0 Å². The number of carbonyl (C=O) groups excluding carboxylic acids is 2. The number of amides is 2. The molecular weight excluding hydrogens is 537 g/mol. The second kappa shape index (κ2) is 10.1. The number of carbonyl (C=O) groups is 2. The summed E-state index contributed by atoms with van der Waals surface area (Å²) in [7, 11) is 0. The number of halogens is 3. The van der Waals surface area contributed by atoms with Crippen LogP contribution in [0.1, 0.15) is 87.0 Å². The molecule has 0 aliphatic heterocycles. The molecule has 6 aliphatic rings. The third-order valence-corrected chi connectivity index (χ3v) is 11.6. The van der Waals surface area contributed by atoms with E-state index in [9.17, 15) is 22.8 Å². The van der Waals surface area contributed by atoms with Crippen molar-refractivity contribution in [3.63, 3.8) is 0 Å². The minimum atomic E-state index is -4.42. The molecule has 42 heavy (non-hydrogen) atoms. The Morgan fingerprint density at radius 3 is 1.98 bits per heavy atom. The van der Waals surface area contributed by atoms with Crippen molar-refractivity contribution in [2.24, 2.45) is 29.6 Å². The highest BCUT2D eigenvalue weighted by molar-refractivity contribution is 5.91. The van der Waals surface area contributed by atoms with Gasteiger partial charge in [0.05, 0.1) is 5.56 Å². The molecule has 3 unspecified atom stereocenters. The lowest BCUT2D eigenvalue weighted by Gasteiger charge is -2.58. The highest BCUT2D eigenvalue weighted by Crippen LogP contribution is 2.56. The lowest BCUT2D eigenvalue weighted by Crippen LogP contribution is -2.68. The SMILES string of the molecule is CC(=O)N(Cc1ccc(C(F)(F)F)cc1)C1(C(=O)NC23CC4CC(CC(C4)C2)C3)CCC2Cc3ccccc3CC2C1. The predicted octanol–water partition coefficient (Wildman–Crippen LogP) is 7.09. The fourth-order valence-corrected chi connectivity index (χ4v) is 10.1. The number of nitrogens with one attached hydrogen (secondary N) is 1. The summed E-state index contributed by atoms with van der Waals surface area (Å²) in [6, 6.07) is 13.6. The van der Waals surface area contributed by atoms with Crippen LogP contribution in [0.25, 0.3) is 0 Å². The van der Waals surface area contributed by atoms with Crippen LogP contribution in [0.4, 0.5) is 13.2 Å². The molecule has 0 heterocycles. The van der Waals surface area contributed by atoms with Crippen molar-refractivity contribution in [2.75, 3.05) is 0 Å². The van der Waals surface area contributed by atoms with Crippen molar-refractivity contribution in [3.05, 3.63) is 70.8 Å². The van der Waals surface area contributed by atoms with Gasteiger partial charge in [-0.1, -0.05) is 36.4 Å². The van der Waals surface area contributed by atoms with E-state index in [1.165, 1.54) is 49.4 Å².